The van der Waals surface area contributed by atoms with Crippen LogP contribution in [-0.2, 0) is 0 Å². The number of piperazine rings is 1. The first kappa shape index (κ1) is 17.2. The smallest absolute Gasteiger partial charge is 0.315 e. The third-order valence-corrected chi connectivity index (χ3v) is 4.35. The first-order valence-corrected chi connectivity index (χ1v) is 7.90. The van der Waals surface area contributed by atoms with Gasteiger partial charge in [-0.05, 0) is 33.7 Å². The van der Waals surface area contributed by atoms with E-state index >= 15 is 0 Å². The zero-order valence-electron chi connectivity index (χ0n) is 13.8. The van der Waals surface area contributed by atoms with Crippen molar-refractivity contribution in [2.24, 2.45) is 0 Å². The molecule has 5 heteroatoms. The number of carbonyl (C=O) groups is 1. The van der Waals surface area contributed by atoms with E-state index in [1.54, 1.807) is 0 Å². The van der Waals surface area contributed by atoms with Gasteiger partial charge in [0, 0.05) is 44.3 Å². The molecule has 2 N–H and O–H groups in total. The van der Waals surface area contributed by atoms with Gasteiger partial charge < -0.3 is 15.5 Å². The van der Waals surface area contributed by atoms with E-state index in [0.717, 1.165) is 39.1 Å². The van der Waals surface area contributed by atoms with Crippen molar-refractivity contribution >= 4 is 6.03 Å². The van der Waals surface area contributed by atoms with E-state index in [9.17, 15) is 4.79 Å². The highest BCUT2D eigenvalue weighted by atomic mass is 16.2. The second-order valence-corrected chi connectivity index (χ2v) is 6.37. The minimum absolute atomic E-state index is 0.00657. The standard InChI is InChI=1S/C15H32N4O/c1-6-13(3)17-14(20)16-12-15(4,5)19-10-8-18(7-2)9-11-19/h13H,6-12H2,1-5H3,(H2,16,17,20). The lowest BCUT2D eigenvalue weighted by Gasteiger charge is -2.44. The number of nitrogens with zero attached hydrogens (tertiary/aromatic N) is 2. The number of likely N-dealkylation sites (N-methyl/N-ethyl adjacent to an activating group) is 1. The number of hydrogen-bond donors (Lipinski definition) is 2. The average Bonchev–Trinajstić information content (AvgIpc) is 2.45. The van der Waals surface area contributed by atoms with E-state index in [-0.39, 0.29) is 17.6 Å². The fraction of sp³-hybridized carbons (Fsp3) is 0.933. The van der Waals surface area contributed by atoms with Crippen molar-refractivity contribution < 1.29 is 4.79 Å². The van der Waals surface area contributed by atoms with Gasteiger partial charge in [-0.3, -0.25) is 4.90 Å². The van der Waals surface area contributed by atoms with Crippen molar-refractivity contribution in [3.8, 4) is 0 Å². The summed E-state index contributed by atoms with van der Waals surface area (Å²) in [7, 11) is 0. The van der Waals surface area contributed by atoms with Crippen molar-refractivity contribution in [2.75, 3.05) is 39.3 Å². The molecule has 5 nitrogen and oxygen atoms in total. The second kappa shape index (κ2) is 7.84. The van der Waals surface area contributed by atoms with Gasteiger partial charge in [0.25, 0.3) is 0 Å². The van der Waals surface area contributed by atoms with E-state index in [1.807, 2.05) is 6.92 Å². The van der Waals surface area contributed by atoms with Crippen LogP contribution in [0.15, 0.2) is 0 Å². The van der Waals surface area contributed by atoms with E-state index in [0.29, 0.717) is 6.54 Å². The zero-order valence-corrected chi connectivity index (χ0v) is 13.8. The molecule has 20 heavy (non-hydrogen) atoms. The van der Waals surface area contributed by atoms with Crippen molar-refractivity contribution in [3.05, 3.63) is 0 Å². The maximum Gasteiger partial charge on any atom is 0.315 e. The highest BCUT2D eigenvalue weighted by molar-refractivity contribution is 5.74. The Hall–Kier alpha value is -0.810. The first-order valence-electron chi connectivity index (χ1n) is 7.90. The number of rotatable bonds is 6. The van der Waals surface area contributed by atoms with Crippen LogP contribution in [-0.4, -0.2) is 66.7 Å². The van der Waals surface area contributed by atoms with Crippen LogP contribution in [0.4, 0.5) is 4.79 Å². The number of urea groups is 1. The average molecular weight is 284 g/mol. The van der Waals surface area contributed by atoms with Gasteiger partial charge in [-0.2, -0.15) is 0 Å². The van der Waals surface area contributed by atoms with E-state index in [4.69, 9.17) is 0 Å². The van der Waals surface area contributed by atoms with Crippen LogP contribution in [0.2, 0.25) is 0 Å². The minimum atomic E-state index is -0.0559. The maximum atomic E-state index is 11.8. The van der Waals surface area contributed by atoms with Crippen molar-refractivity contribution in [1.82, 2.24) is 20.4 Å². The molecule has 0 aromatic carbocycles. The monoisotopic (exact) mass is 284 g/mol. The Morgan fingerprint density at radius 2 is 1.80 bits per heavy atom. The number of nitrogens with one attached hydrogen (secondary N) is 2. The third kappa shape index (κ3) is 5.29. The summed E-state index contributed by atoms with van der Waals surface area (Å²) in [5.74, 6) is 0. The molecule has 1 aliphatic rings. The van der Waals surface area contributed by atoms with Gasteiger partial charge in [0.1, 0.15) is 0 Å². The van der Waals surface area contributed by atoms with Crippen molar-refractivity contribution in [3.63, 3.8) is 0 Å². The summed E-state index contributed by atoms with van der Waals surface area (Å²) in [5.41, 5.74) is 0.00657. The molecule has 0 bridgehead atoms. The predicted molar refractivity (Wildman–Crippen MR) is 84.1 cm³/mol. The normalized spacial score (nSPS) is 19.6. The molecule has 1 heterocycles. The van der Waals surface area contributed by atoms with Crippen LogP contribution in [0.1, 0.15) is 41.0 Å². The summed E-state index contributed by atoms with van der Waals surface area (Å²) in [5, 5.41) is 5.95. The molecule has 0 radical (unpaired) electrons. The van der Waals surface area contributed by atoms with Crippen LogP contribution in [0.5, 0.6) is 0 Å². The Bertz CT molecular complexity index is 298. The van der Waals surface area contributed by atoms with E-state index < -0.39 is 0 Å². The summed E-state index contributed by atoms with van der Waals surface area (Å²) in [6.45, 7) is 16.9. The molecule has 1 saturated heterocycles. The van der Waals surface area contributed by atoms with Gasteiger partial charge in [-0.1, -0.05) is 13.8 Å². The van der Waals surface area contributed by atoms with E-state index in [2.05, 4.69) is 48.1 Å². The second-order valence-electron chi connectivity index (χ2n) is 6.37. The van der Waals surface area contributed by atoms with E-state index in [1.165, 1.54) is 0 Å². The van der Waals surface area contributed by atoms with Crippen molar-refractivity contribution in [2.45, 2.75) is 52.6 Å². The Balaban J connectivity index is 2.36. The van der Waals surface area contributed by atoms with Crippen LogP contribution >= 0.6 is 0 Å². The lowest BCUT2D eigenvalue weighted by molar-refractivity contribution is 0.0554. The molecule has 0 saturated carbocycles. The van der Waals surface area contributed by atoms with Crippen LogP contribution in [0.25, 0.3) is 0 Å². The molecule has 0 aromatic rings. The first-order chi connectivity index (χ1) is 9.39. The van der Waals surface area contributed by atoms with Gasteiger partial charge >= 0.3 is 6.03 Å². The summed E-state index contributed by atoms with van der Waals surface area (Å²) in [4.78, 5) is 16.7. The lowest BCUT2D eigenvalue weighted by Crippen LogP contribution is -2.59. The van der Waals surface area contributed by atoms with Crippen LogP contribution in [0.3, 0.4) is 0 Å². The number of hydrogen-bond acceptors (Lipinski definition) is 3. The summed E-state index contributed by atoms with van der Waals surface area (Å²) >= 11 is 0. The van der Waals surface area contributed by atoms with Gasteiger partial charge in [0.05, 0.1) is 0 Å². The minimum Gasteiger partial charge on any atom is -0.336 e. The fourth-order valence-corrected chi connectivity index (χ4v) is 2.45. The topological polar surface area (TPSA) is 47.6 Å². The number of amides is 2. The summed E-state index contributed by atoms with van der Waals surface area (Å²) < 4.78 is 0. The molecular formula is C15H32N4O. The molecule has 0 spiro atoms. The third-order valence-electron chi connectivity index (χ3n) is 4.35. The largest absolute Gasteiger partial charge is 0.336 e. The molecule has 1 rings (SSSR count). The Morgan fingerprint density at radius 3 is 2.30 bits per heavy atom. The fourth-order valence-electron chi connectivity index (χ4n) is 2.45. The van der Waals surface area contributed by atoms with Gasteiger partial charge in [-0.25, -0.2) is 4.79 Å². The molecule has 0 aromatic heterocycles. The molecule has 1 atom stereocenters. The zero-order chi connectivity index (χ0) is 15.2. The van der Waals surface area contributed by atoms with Gasteiger partial charge in [0.2, 0.25) is 0 Å². The number of carbonyl (C=O) groups excluding carboxylic acids is 1. The maximum absolute atomic E-state index is 11.8. The van der Waals surface area contributed by atoms with Crippen LogP contribution in [0, 0.1) is 0 Å². The molecule has 2 amide bonds. The lowest BCUT2D eigenvalue weighted by atomic mass is 10.0. The van der Waals surface area contributed by atoms with Crippen LogP contribution < -0.4 is 10.6 Å². The van der Waals surface area contributed by atoms with Crippen molar-refractivity contribution in [1.29, 1.82) is 0 Å². The molecule has 1 unspecified atom stereocenters. The summed E-state index contributed by atoms with van der Waals surface area (Å²) in [6.07, 6.45) is 0.954. The SMILES string of the molecule is CCC(C)NC(=O)NCC(C)(C)N1CCN(CC)CC1. The molecule has 1 fully saturated rings. The molecule has 1 aliphatic heterocycles. The molecule has 0 aliphatic carbocycles. The Morgan fingerprint density at radius 1 is 1.20 bits per heavy atom. The Kier molecular flexibility index (Phi) is 6.76. The Labute approximate surface area is 124 Å². The molecule has 118 valence electrons. The molecular weight excluding hydrogens is 252 g/mol. The summed E-state index contributed by atoms with van der Waals surface area (Å²) in [6, 6.07) is 0.172. The predicted octanol–water partition coefficient (Wildman–Crippen LogP) is 1.50. The van der Waals surface area contributed by atoms with Gasteiger partial charge in [-0.15, -0.1) is 0 Å². The highest BCUT2D eigenvalue weighted by Crippen LogP contribution is 2.16. The van der Waals surface area contributed by atoms with Gasteiger partial charge in [0.15, 0.2) is 0 Å². The highest BCUT2D eigenvalue weighted by Gasteiger charge is 2.29. The quantitative estimate of drug-likeness (QED) is 0.777.